The minimum absolute atomic E-state index is 0.143. The van der Waals surface area contributed by atoms with Crippen molar-refractivity contribution in [2.75, 3.05) is 25.1 Å². The molecule has 4 heteroatoms. The molecule has 0 heterocycles. The molecule has 0 aliphatic carbocycles. The third-order valence-electron chi connectivity index (χ3n) is 2.59. The van der Waals surface area contributed by atoms with Crippen LogP contribution in [-0.4, -0.2) is 26.0 Å². The zero-order valence-corrected chi connectivity index (χ0v) is 12.1. The van der Waals surface area contributed by atoms with Crippen molar-refractivity contribution in [1.82, 2.24) is 0 Å². The van der Waals surface area contributed by atoms with Crippen LogP contribution in [0.2, 0.25) is 5.02 Å². The van der Waals surface area contributed by atoms with Crippen molar-refractivity contribution in [2.24, 2.45) is 0 Å². The monoisotopic (exact) mass is 271 g/mol. The number of aryl methyl sites for hydroxylation is 1. The fraction of sp³-hybridized carbons (Fsp3) is 0.571. The Labute approximate surface area is 114 Å². The van der Waals surface area contributed by atoms with Crippen molar-refractivity contribution < 1.29 is 9.47 Å². The highest BCUT2D eigenvalue weighted by Gasteiger charge is 2.08. The first-order valence-electron chi connectivity index (χ1n) is 6.41. The van der Waals surface area contributed by atoms with Gasteiger partial charge in [0.2, 0.25) is 0 Å². The average molecular weight is 272 g/mol. The van der Waals surface area contributed by atoms with Crippen molar-refractivity contribution >= 4 is 17.3 Å². The largest absolute Gasteiger partial charge is 0.384 e. The predicted molar refractivity (Wildman–Crippen MR) is 76.3 cm³/mol. The number of hydrogen-bond donors (Lipinski definition) is 1. The van der Waals surface area contributed by atoms with Gasteiger partial charge in [0, 0.05) is 26.2 Å². The molecule has 1 aromatic rings. The van der Waals surface area contributed by atoms with Gasteiger partial charge in [-0.1, -0.05) is 23.7 Å². The third kappa shape index (κ3) is 4.84. The van der Waals surface area contributed by atoms with Crippen LogP contribution in [0.15, 0.2) is 18.2 Å². The minimum atomic E-state index is -0.143. The number of hydrogen-bond acceptors (Lipinski definition) is 3. The summed E-state index contributed by atoms with van der Waals surface area (Å²) in [5, 5.41) is 4.09. The van der Waals surface area contributed by atoms with Gasteiger partial charge in [-0.05, 0) is 32.4 Å². The fourth-order valence-electron chi connectivity index (χ4n) is 1.70. The van der Waals surface area contributed by atoms with Gasteiger partial charge in [-0.15, -0.1) is 0 Å². The van der Waals surface area contributed by atoms with E-state index in [0.29, 0.717) is 13.2 Å². The van der Waals surface area contributed by atoms with E-state index in [2.05, 4.69) is 5.32 Å². The van der Waals surface area contributed by atoms with Crippen molar-refractivity contribution in [3.8, 4) is 0 Å². The lowest BCUT2D eigenvalue weighted by Gasteiger charge is -2.17. The number of benzene rings is 1. The van der Waals surface area contributed by atoms with Gasteiger partial charge >= 0.3 is 0 Å². The molecule has 1 N–H and O–H groups in total. The summed E-state index contributed by atoms with van der Waals surface area (Å²) in [6, 6.07) is 5.97. The van der Waals surface area contributed by atoms with E-state index in [9.17, 15) is 0 Å². The molecule has 0 saturated heterocycles. The lowest BCUT2D eigenvalue weighted by atomic mass is 10.2. The average Bonchev–Trinajstić information content (AvgIpc) is 2.35. The van der Waals surface area contributed by atoms with Gasteiger partial charge in [0.1, 0.15) is 0 Å². The van der Waals surface area contributed by atoms with E-state index in [1.807, 2.05) is 39.0 Å². The Bertz CT molecular complexity index is 352. The molecular formula is C14H22ClNO2. The van der Waals surface area contributed by atoms with Crippen molar-refractivity contribution in [2.45, 2.75) is 33.5 Å². The molecular weight excluding hydrogens is 250 g/mol. The molecule has 102 valence electrons. The lowest BCUT2D eigenvalue weighted by Crippen LogP contribution is -2.21. The van der Waals surface area contributed by atoms with Gasteiger partial charge in [-0.2, -0.15) is 0 Å². The third-order valence-corrected chi connectivity index (χ3v) is 3.09. The summed E-state index contributed by atoms with van der Waals surface area (Å²) >= 11 is 6.21. The molecule has 1 rings (SSSR count). The number of nitrogens with one attached hydrogen (secondary N) is 1. The molecule has 3 nitrogen and oxygen atoms in total. The molecule has 0 aromatic heterocycles. The summed E-state index contributed by atoms with van der Waals surface area (Å²) in [5.74, 6) is 0. The zero-order valence-electron chi connectivity index (χ0n) is 11.3. The second kappa shape index (κ2) is 8.35. The number of ether oxygens (including phenoxy) is 2. The Balaban J connectivity index is 2.42. The van der Waals surface area contributed by atoms with Crippen LogP contribution in [0.3, 0.4) is 0 Å². The summed E-state index contributed by atoms with van der Waals surface area (Å²) in [7, 11) is 0. The minimum Gasteiger partial charge on any atom is -0.384 e. The van der Waals surface area contributed by atoms with E-state index >= 15 is 0 Å². The summed E-state index contributed by atoms with van der Waals surface area (Å²) in [6.07, 6.45) is 0.655. The van der Waals surface area contributed by atoms with Crippen LogP contribution in [0.25, 0.3) is 0 Å². The summed E-state index contributed by atoms with van der Waals surface area (Å²) in [4.78, 5) is 0. The van der Waals surface area contributed by atoms with Gasteiger partial charge in [0.15, 0.2) is 6.29 Å². The highest BCUT2D eigenvalue weighted by molar-refractivity contribution is 6.33. The molecule has 0 aliphatic rings. The second-order valence-electron chi connectivity index (χ2n) is 3.99. The van der Waals surface area contributed by atoms with Gasteiger partial charge in [-0.3, -0.25) is 0 Å². The Morgan fingerprint density at radius 1 is 1.22 bits per heavy atom. The highest BCUT2D eigenvalue weighted by atomic mass is 35.5. The van der Waals surface area contributed by atoms with E-state index in [-0.39, 0.29) is 6.29 Å². The van der Waals surface area contributed by atoms with Crippen LogP contribution < -0.4 is 5.32 Å². The van der Waals surface area contributed by atoms with E-state index in [1.54, 1.807) is 0 Å². The van der Waals surface area contributed by atoms with Crippen LogP contribution in [0.5, 0.6) is 0 Å². The standard InChI is InChI=1S/C14H22ClNO2/c1-4-17-13(18-5-2)9-10-16-12-8-6-7-11(3)14(12)15/h6-8,13,16H,4-5,9-10H2,1-3H3. The normalized spacial score (nSPS) is 10.9. The van der Waals surface area contributed by atoms with Crippen LogP contribution >= 0.6 is 11.6 Å². The molecule has 0 saturated carbocycles. The van der Waals surface area contributed by atoms with Crippen molar-refractivity contribution in [1.29, 1.82) is 0 Å². The molecule has 0 aliphatic heterocycles. The lowest BCUT2D eigenvalue weighted by molar-refractivity contribution is -0.137. The first kappa shape index (κ1) is 15.3. The Morgan fingerprint density at radius 3 is 2.50 bits per heavy atom. The highest BCUT2D eigenvalue weighted by Crippen LogP contribution is 2.24. The van der Waals surface area contributed by atoms with Crippen LogP contribution in [0, 0.1) is 6.92 Å². The molecule has 0 bridgehead atoms. The first-order valence-corrected chi connectivity index (χ1v) is 6.79. The number of halogens is 1. The molecule has 0 radical (unpaired) electrons. The molecule has 0 amide bonds. The van der Waals surface area contributed by atoms with E-state index in [0.717, 1.165) is 29.2 Å². The SMILES string of the molecule is CCOC(CCNc1cccc(C)c1Cl)OCC. The van der Waals surface area contributed by atoms with Crippen LogP contribution in [-0.2, 0) is 9.47 Å². The topological polar surface area (TPSA) is 30.5 Å². The number of rotatable bonds is 8. The van der Waals surface area contributed by atoms with Gasteiger partial charge in [0.05, 0.1) is 10.7 Å². The smallest absolute Gasteiger partial charge is 0.159 e. The van der Waals surface area contributed by atoms with Gasteiger partial charge in [0.25, 0.3) is 0 Å². The van der Waals surface area contributed by atoms with E-state index < -0.39 is 0 Å². The fourth-order valence-corrected chi connectivity index (χ4v) is 1.89. The summed E-state index contributed by atoms with van der Waals surface area (Å²) in [6.45, 7) is 8.03. The molecule has 0 spiro atoms. The number of anilines is 1. The molecule has 18 heavy (non-hydrogen) atoms. The van der Waals surface area contributed by atoms with E-state index in [1.165, 1.54) is 0 Å². The maximum Gasteiger partial charge on any atom is 0.159 e. The van der Waals surface area contributed by atoms with E-state index in [4.69, 9.17) is 21.1 Å². The van der Waals surface area contributed by atoms with Gasteiger partial charge < -0.3 is 14.8 Å². The van der Waals surface area contributed by atoms with Crippen LogP contribution in [0.1, 0.15) is 25.8 Å². The van der Waals surface area contributed by atoms with Gasteiger partial charge in [-0.25, -0.2) is 0 Å². The molecule has 1 aromatic carbocycles. The Hall–Kier alpha value is -0.770. The maximum atomic E-state index is 6.21. The van der Waals surface area contributed by atoms with Crippen LogP contribution in [0.4, 0.5) is 5.69 Å². The first-order chi connectivity index (χ1) is 8.69. The second-order valence-corrected chi connectivity index (χ2v) is 4.37. The van der Waals surface area contributed by atoms with Crippen molar-refractivity contribution in [3.05, 3.63) is 28.8 Å². The maximum absolute atomic E-state index is 6.21. The molecule has 0 fully saturated rings. The Kier molecular flexibility index (Phi) is 7.09. The van der Waals surface area contributed by atoms with Crippen molar-refractivity contribution in [3.63, 3.8) is 0 Å². The zero-order chi connectivity index (χ0) is 13.4. The molecule has 0 unspecified atom stereocenters. The quantitative estimate of drug-likeness (QED) is 0.729. The summed E-state index contributed by atoms with van der Waals surface area (Å²) in [5.41, 5.74) is 2.04. The predicted octanol–water partition coefficient (Wildman–Crippen LogP) is 3.85. The Morgan fingerprint density at radius 2 is 1.89 bits per heavy atom. The molecule has 0 atom stereocenters. The summed E-state index contributed by atoms with van der Waals surface area (Å²) < 4.78 is 11.0.